The normalized spacial score (nSPS) is 23.5. The van der Waals surface area contributed by atoms with Crippen LogP contribution in [0.3, 0.4) is 0 Å². The Kier molecular flexibility index (Phi) is 3.10. The van der Waals surface area contributed by atoms with Crippen molar-refractivity contribution in [1.29, 1.82) is 0 Å². The van der Waals surface area contributed by atoms with Gasteiger partial charge in [0.25, 0.3) is 0 Å². The summed E-state index contributed by atoms with van der Waals surface area (Å²) in [4.78, 5) is 2.32. The van der Waals surface area contributed by atoms with Gasteiger partial charge in [-0.3, -0.25) is 0 Å². The van der Waals surface area contributed by atoms with Crippen LogP contribution in [-0.4, -0.2) is 32.5 Å². The van der Waals surface area contributed by atoms with Crippen LogP contribution < -0.4 is 4.90 Å². The van der Waals surface area contributed by atoms with E-state index in [-0.39, 0.29) is 11.1 Å². The van der Waals surface area contributed by atoms with Gasteiger partial charge in [0, 0.05) is 18.6 Å². The molecule has 1 aliphatic heterocycles. The third kappa shape index (κ3) is 1.82. The summed E-state index contributed by atoms with van der Waals surface area (Å²) in [6, 6.07) is 5.00. The Labute approximate surface area is 107 Å². The van der Waals surface area contributed by atoms with E-state index in [1.807, 2.05) is 18.7 Å². The van der Waals surface area contributed by atoms with Crippen LogP contribution in [0.1, 0.15) is 13.8 Å². The highest BCUT2D eigenvalue weighted by Gasteiger charge is 2.37. The Bertz CT molecular complexity index is 544. The van der Waals surface area contributed by atoms with Gasteiger partial charge in [-0.2, -0.15) is 4.31 Å². The summed E-state index contributed by atoms with van der Waals surface area (Å²) in [6.07, 6.45) is -0.182. The van der Waals surface area contributed by atoms with Gasteiger partial charge in [0.15, 0.2) is 0 Å². The Morgan fingerprint density at radius 1 is 1.41 bits per heavy atom. The van der Waals surface area contributed by atoms with E-state index in [1.165, 1.54) is 10.4 Å². The van der Waals surface area contributed by atoms with Crippen LogP contribution >= 0.6 is 11.6 Å². The van der Waals surface area contributed by atoms with E-state index in [4.69, 9.17) is 11.6 Å². The first kappa shape index (κ1) is 12.7. The van der Waals surface area contributed by atoms with E-state index >= 15 is 0 Å². The van der Waals surface area contributed by atoms with E-state index in [9.17, 15) is 8.42 Å². The lowest BCUT2D eigenvalue weighted by Crippen LogP contribution is -2.51. The molecular formula is C11H15ClN2O2S. The Morgan fingerprint density at radius 2 is 2.06 bits per heavy atom. The monoisotopic (exact) mass is 274 g/mol. The molecular weight excluding hydrogens is 260 g/mol. The zero-order valence-electron chi connectivity index (χ0n) is 10.0. The Balaban J connectivity index is 2.72. The van der Waals surface area contributed by atoms with Gasteiger partial charge in [-0.05, 0) is 32.0 Å². The van der Waals surface area contributed by atoms with Crippen LogP contribution in [0, 0.1) is 0 Å². The van der Waals surface area contributed by atoms with Gasteiger partial charge in [0.05, 0.1) is 11.9 Å². The molecule has 0 fully saturated rings. The van der Waals surface area contributed by atoms with E-state index in [0.717, 1.165) is 12.2 Å². The fourth-order valence-electron chi connectivity index (χ4n) is 2.12. The molecule has 0 radical (unpaired) electrons. The molecule has 0 aromatic heterocycles. The van der Waals surface area contributed by atoms with Gasteiger partial charge in [0.1, 0.15) is 4.90 Å². The first-order chi connectivity index (χ1) is 7.89. The van der Waals surface area contributed by atoms with Crippen molar-refractivity contribution in [3.05, 3.63) is 23.2 Å². The molecule has 1 heterocycles. The lowest BCUT2D eigenvalue weighted by molar-refractivity contribution is 0.364. The van der Waals surface area contributed by atoms with Gasteiger partial charge >= 0.3 is 0 Å². The molecule has 0 bridgehead atoms. The fourth-order valence-corrected chi connectivity index (χ4v) is 3.91. The molecule has 1 aromatic rings. The molecule has 0 saturated carbocycles. The summed E-state index contributed by atoms with van der Waals surface area (Å²) in [5, 5.41) is 0.436. The number of anilines is 1. The number of halogens is 1. The number of hydrogen-bond acceptors (Lipinski definition) is 3. The molecule has 0 saturated heterocycles. The average Bonchev–Trinajstić information content (AvgIpc) is 2.29. The summed E-state index contributed by atoms with van der Waals surface area (Å²) in [7, 11) is -1.84. The highest BCUT2D eigenvalue weighted by molar-refractivity contribution is 7.89. The molecule has 6 heteroatoms. The van der Waals surface area contributed by atoms with Crippen molar-refractivity contribution >= 4 is 27.3 Å². The number of fused-ring (bicyclic) bond motifs is 1. The molecule has 94 valence electrons. The van der Waals surface area contributed by atoms with Crippen molar-refractivity contribution in [3.63, 3.8) is 0 Å². The largest absolute Gasteiger partial charge is 0.354 e. The standard InChI is InChI=1S/C11H15ClN2O2S/c1-4-14-8(2)13(3)17(15,16)11-7-9(12)5-6-10(11)14/h5-8H,4H2,1-3H3. The first-order valence-corrected chi connectivity index (χ1v) is 7.25. The third-order valence-corrected chi connectivity index (χ3v) is 5.39. The second-order valence-electron chi connectivity index (χ2n) is 4.05. The van der Waals surface area contributed by atoms with E-state index in [1.54, 1.807) is 19.2 Å². The van der Waals surface area contributed by atoms with E-state index in [2.05, 4.69) is 0 Å². The number of hydrogen-bond donors (Lipinski definition) is 0. The van der Waals surface area contributed by atoms with Crippen LogP contribution in [0.15, 0.2) is 23.1 Å². The molecule has 0 spiro atoms. The van der Waals surface area contributed by atoms with Gasteiger partial charge in [0.2, 0.25) is 10.0 Å². The summed E-state index contributed by atoms with van der Waals surface area (Å²) in [6.45, 7) is 4.62. The van der Waals surface area contributed by atoms with Crippen molar-refractivity contribution in [2.75, 3.05) is 18.5 Å². The lowest BCUT2D eigenvalue weighted by Gasteiger charge is -2.41. The van der Waals surface area contributed by atoms with Gasteiger partial charge in [-0.15, -0.1) is 0 Å². The van der Waals surface area contributed by atoms with Crippen molar-refractivity contribution in [3.8, 4) is 0 Å². The molecule has 4 nitrogen and oxygen atoms in total. The third-order valence-electron chi connectivity index (χ3n) is 3.21. The van der Waals surface area contributed by atoms with Crippen LogP contribution in [0.2, 0.25) is 5.02 Å². The van der Waals surface area contributed by atoms with Gasteiger partial charge in [-0.1, -0.05) is 11.6 Å². The maximum Gasteiger partial charge on any atom is 0.246 e. The number of sulfonamides is 1. The molecule has 0 amide bonds. The number of rotatable bonds is 1. The Morgan fingerprint density at radius 3 is 2.65 bits per heavy atom. The molecule has 2 rings (SSSR count). The van der Waals surface area contributed by atoms with Crippen LogP contribution in [0.4, 0.5) is 5.69 Å². The summed E-state index contributed by atoms with van der Waals surface area (Å²) in [5.74, 6) is 0. The second kappa shape index (κ2) is 4.15. The first-order valence-electron chi connectivity index (χ1n) is 5.43. The topological polar surface area (TPSA) is 40.6 Å². The van der Waals surface area contributed by atoms with Crippen molar-refractivity contribution < 1.29 is 8.42 Å². The van der Waals surface area contributed by atoms with Gasteiger partial charge < -0.3 is 4.90 Å². The van der Waals surface area contributed by atoms with Crippen molar-refractivity contribution in [2.45, 2.75) is 24.9 Å². The Hall–Kier alpha value is -0.780. The quantitative estimate of drug-likeness (QED) is 0.788. The molecule has 0 aliphatic carbocycles. The summed E-state index contributed by atoms with van der Waals surface area (Å²) < 4.78 is 25.9. The van der Waals surface area contributed by atoms with E-state index in [0.29, 0.717) is 5.02 Å². The fraction of sp³-hybridized carbons (Fsp3) is 0.455. The molecule has 1 aromatic carbocycles. The minimum Gasteiger partial charge on any atom is -0.354 e. The average molecular weight is 275 g/mol. The van der Waals surface area contributed by atoms with Crippen LogP contribution in [0.5, 0.6) is 0 Å². The lowest BCUT2D eigenvalue weighted by atomic mass is 10.2. The predicted octanol–water partition coefficient (Wildman–Crippen LogP) is 2.15. The van der Waals surface area contributed by atoms with E-state index < -0.39 is 10.0 Å². The minimum absolute atomic E-state index is 0.182. The predicted molar refractivity (Wildman–Crippen MR) is 68.9 cm³/mol. The molecule has 0 N–H and O–H groups in total. The second-order valence-corrected chi connectivity index (χ2v) is 6.45. The smallest absolute Gasteiger partial charge is 0.246 e. The minimum atomic E-state index is -3.43. The van der Waals surface area contributed by atoms with Crippen molar-refractivity contribution in [1.82, 2.24) is 4.31 Å². The zero-order valence-corrected chi connectivity index (χ0v) is 11.6. The van der Waals surface area contributed by atoms with Gasteiger partial charge in [-0.25, -0.2) is 8.42 Å². The number of benzene rings is 1. The summed E-state index contributed by atoms with van der Waals surface area (Å²) in [5.41, 5.74) is 0.725. The summed E-state index contributed by atoms with van der Waals surface area (Å²) >= 11 is 5.88. The molecule has 1 aliphatic rings. The maximum absolute atomic E-state index is 12.3. The van der Waals surface area contributed by atoms with Crippen LogP contribution in [0.25, 0.3) is 0 Å². The zero-order chi connectivity index (χ0) is 12.8. The van der Waals surface area contributed by atoms with Crippen LogP contribution in [-0.2, 0) is 10.0 Å². The maximum atomic E-state index is 12.3. The highest BCUT2D eigenvalue weighted by Crippen LogP contribution is 2.36. The molecule has 1 unspecified atom stereocenters. The SMILES string of the molecule is CCN1c2ccc(Cl)cc2S(=O)(=O)N(C)C1C. The molecule has 1 atom stereocenters. The molecule has 17 heavy (non-hydrogen) atoms. The highest BCUT2D eigenvalue weighted by atomic mass is 35.5. The number of nitrogens with zero attached hydrogens (tertiary/aromatic N) is 2. The van der Waals surface area contributed by atoms with Crippen molar-refractivity contribution in [2.24, 2.45) is 0 Å².